The summed E-state index contributed by atoms with van der Waals surface area (Å²) in [5.41, 5.74) is 0.470. The van der Waals surface area contributed by atoms with E-state index in [4.69, 9.17) is 39.8 Å². The Morgan fingerprint density at radius 1 is 0.867 bits per heavy atom. The molecule has 1 aliphatic rings. The third-order valence-corrected chi connectivity index (χ3v) is 11.2. The van der Waals surface area contributed by atoms with Crippen molar-refractivity contribution in [3.8, 4) is 17.2 Å². The van der Waals surface area contributed by atoms with E-state index in [1.54, 1.807) is 44.6 Å². The van der Waals surface area contributed by atoms with Gasteiger partial charge in [0, 0.05) is 42.1 Å². The maximum absolute atomic E-state index is 13.5. The van der Waals surface area contributed by atoms with Crippen molar-refractivity contribution in [2.24, 2.45) is 0 Å². The highest BCUT2D eigenvalue weighted by Crippen LogP contribution is 2.50. The number of nitro benzene ring substituents is 1. The molecule has 0 bridgehead atoms. The number of ether oxygens (including phenoxy) is 4. The van der Waals surface area contributed by atoms with Crippen LogP contribution in [-0.4, -0.2) is 58.3 Å². The first-order valence-corrected chi connectivity index (χ1v) is 21.1. The average molecular weight is 851 g/mol. The first-order valence-electron chi connectivity index (χ1n) is 18.5. The largest absolute Gasteiger partial charge is 0.497 e. The maximum Gasteiger partial charge on any atom is 0.378 e. The van der Waals surface area contributed by atoms with Crippen molar-refractivity contribution in [2.75, 3.05) is 26.1 Å². The van der Waals surface area contributed by atoms with Crippen LogP contribution < -0.4 is 25.0 Å². The van der Waals surface area contributed by atoms with Gasteiger partial charge < -0.3 is 33.7 Å². The lowest BCUT2D eigenvalue weighted by atomic mass is 9.80. The topological polar surface area (TPSA) is 183 Å². The molecule has 5 aromatic carbocycles. The molecule has 308 valence electrons. The Bertz CT molecular complexity index is 2480. The summed E-state index contributed by atoms with van der Waals surface area (Å²) in [5.74, 6) is 0.908. The van der Waals surface area contributed by atoms with E-state index in [1.807, 2.05) is 78.9 Å². The van der Waals surface area contributed by atoms with Crippen molar-refractivity contribution in [1.29, 1.82) is 0 Å². The summed E-state index contributed by atoms with van der Waals surface area (Å²) in [5, 5.41) is 13.8. The van der Waals surface area contributed by atoms with Gasteiger partial charge >= 0.3 is 12.4 Å². The van der Waals surface area contributed by atoms with Gasteiger partial charge in [-0.3, -0.25) is 24.0 Å². The number of hydrogen-bond donors (Lipinski definition) is 2. The van der Waals surface area contributed by atoms with Crippen LogP contribution in [0.3, 0.4) is 0 Å². The predicted octanol–water partition coefficient (Wildman–Crippen LogP) is 7.40. The van der Waals surface area contributed by atoms with E-state index in [-0.39, 0.29) is 30.3 Å². The molecule has 2 heterocycles. The minimum atomic E-state index is -4.13. The molecule has 0 aliphatic carbocycles. The molecule has 15 nitrogen and oxygen atoms in total. The van der Waals surface area contributed by atoms with Crippen LogP contribution in [0.25, 0.3) is 0 Å². The van der Waals surface area contributed by atoms with Crippen molar-refractivity contribution < 1.29 is 42.6 Å². The highest BCUT2D eigenvalue weighted by atomic mass is 32.5. The third kappa shape index (κ3) is 9.45. The van der Waals surface area contributed by atoms with E-state index in [2.05, 4.69) is 10.3 Å². The van der Waals surface area contributed by atoms with Crippen LogP contribution in [-0.2, 0) is 31.4 Å². The summed E-state index contributed by atoms with van der Waals surface area (Å²) in [7, 11) is 3.16. The Labute approximate surface area is 349 Å². The second kappa shape index (κ2) is 18.3. The van der Waals surface area contributed by atoms with Gasteiger partial charge in [-0.25, -0.2) is 4.79 Å². The Morgan fingerprint density at radius 2 is 1.42 bits per heavy atom. The molecule has 4 atom stereocenters. The van der Waals surface area contributed by atoms with E-state index in [1.165, 1.54) is 41.1 Å². The number of hydrogen-bond acceptors (Lipinski definition) is 12. The van der Waals surface area contributed by atoms with Gasteiger partial charge in [-0.2, -0.15) is 4.98 Å². The quantitative estimate of drug-likeness (QED) is 0.0426. The van der Waals surface area contributed by atoms with Crippen LogP contribution in [0.2, 0.25) is 0 Å². The van der Waals surface area contributed by atoms with Gasteiger partial charge in [-0.1, -0.05) is 72.8 Å². The van der Waals surface area contributed by atoms with Crippen molar-refractivity contribution in [3.05, 3.63) is 189 Å². The molecule has 1 aromatic heterocycles. The molecule has 17 heteroatoms. The van der Waals surface area contributed by atoms with E-state index in [0.717, 1.165) is 16.7 Å². The number of nitrogens with one attached hydrogen (secondary N) is 1. The number of nitrogens with zero attached hydrogens (tertiary/aromatic N) is 3. The fraction of sp³-hybridized carbons (Fsp3) is 0.186. The number of methoxy groups -OCH3 is 2. The molecule has 1 amide bonds. The standard InChI is InChI=1S/C43H39N4O11PS/c1-53-34-19-13-31(14-20-34)43(30-11-7-4-8-12-30,32-15-21-35(54-2)22-16-32)55-28-38-37(58-59(52,60)57-36-23-17-33(18-24-36)47(50)51)27-40(56-38)46-26-25-39(45-42(46)49)44-41(48)29-9-5-3-6-10-29/h3-26,37-38,40H,27-28H2,1-2H3,(H,52,60)(H,44,45,48,49)/t37-,38+,40+,59?/m0/s1. The lowest BCUT2D eigenvalue weighted by molar-refractivity contribution is -0.384. The van der Waals surface area contributed by atoms with Crippen molar-refractivity contribution in [3.63, 3.8) is 0 Å². The second-order valence-corrected chi connectivity index (χ2v) is 16.2. The van der Waals surface area contributed by atoms with Crippen LogP contribution in [0.15, 0.2) is 151 Å². The van der Waals surface area contributed by atoms with Crippen LogP contribution in [0, 0.1) is 10.1 Å². The first-order chi connectivity index (χ1) is 29.0. The van der Waals surface area contributed by atoms with Crippen LogP contribution in [0.1, 0.15) is 39.7 Å². The zero-order valence-electron chi connectivity index (χ0n) is 32.2. The third-order valence-electron chi connectivity index (χ3n) is 9.77. The molecule has 60 heavy (non-hydrogen) atoms. The highest BCUT2D eigenvalue weighted by molar-refractivity contribution is 8.07. The van der Waals surface area contributed by atoms with Crippen LogP contribution in [0.4, 0.5) is 11.5 Å². The molecule has 0 saturated carbocycles. The SMILES string of the molecule is COc1ccc(C(OC[C@H]2O[C@@H](n3ccc(NC(=O)c4ccccc4)nc3=O)C[C@@H]2OP(O)(=S)Oc2ccc([N+](=O)[O-])cc2)(c2ccccc2)c2ccc(OC)cc2)cc1. The fourth-order valence-electron chi connectivity index (χ4n) is 6.85. The zero-order valence-corrected chi connectivity index (χ0v) is 33.9. The molecule has 0 radical (unpaired) electrons. The number of amides is 1. The fourth-order valence-corrected chi connectivity index (χ4v) is 8.43. The Balaban J connectivity index is 1.23. The van der Waals surface area contributed by atoms with Crippen molar-refractivity contribution >= 4 is 35.9 Å². The molecular formula is C43H39N4O11PS. The van der Waals surface area contributed by atoms with Crippen LogP contribution in [0.5, 0.6) is 17.2 Å². The van der Waals surface area contributed by atoms with Crippen molar-refractivity contribution in [2.45, 2.75) is 30.5 Å². The monoisotopic (exact) mass is 850 g/mol. The lowest BCUT2D eigenvalue weighted by Gasteiger charge is -2.37. The molecule has 2 N–H and O–H groups in total. The second-order valence-electron chi connectivity index (χ2n) is 13.5. The van der Waals surface area contributed by atoms with Gasteiger partial charge in [0.05, 0.1) is 25.7 Å². The number of non-ortho nitro benzene ring substituents is 1. The molecule has 1 fully saturated rings. The molecule has 1 aliphatic heterocycles. The summed E-state index contributed by atoms with van der Waals surface area (Å²) in [6, 6.07) is 39.5. The summed E-state index contributed by atoms with van der Waals surface area (Å²) < 4.78 is 37.6. The van der Waals surface area contributed by atoms with Gasteiger partial charge in [-0.05, 0) is 71.3 Å². The number of nitro groups is 1. The summed E-state index contributed by atoms with van der Waals surface area (Å²) in [4.78, 5) is 52.5. The summed E-state index contributed by atoms with van der Waals surface area (Å²) >= 11 is 5.46. The van der Waals surface area contributed by atoms with Gasteiger partial charge in [-0.15, -0.1) is 0 Å². The molecular weight excluding hydrogens is 812 g/mol. The predicted molar refractivity (Wildman–Crippen MR) is 225 cm³/mol. The molecule has 1 unspecified atom stereocenters. The maximum atomic E-state index is 13.5. The van der Waals surface area contributed by atoms with Crippen molar-refractivity contribution in [1.82, 2.24) is 9.55 Å². The number of carbonyl (C=O) groups is 1. The molecule has 6 aromatic rings. The van der Waals surface area contributed by atoms with Crippen LogP contribution >= 0.6 is 6.72 Å². The lowest BCUT2D eigenvalue weighted by Crippen LogP contribution is -2.38. The number of carbonyl (C=O) groups excluding carboxylic acids is 1. The Kier molecular flexibility index (Phi) is 12.8. The number of rotatable bonds is 16. The van der Waals surface area contributed by atoms with E-state index < -0.39 is 47.3 Å². The molecule has 7 rings (SSSR count). The normalized spacial score (nSPS) is 17.3. The summed E-state index contributed by atoms with van der Waals surface area (Å²) in [6.07, 6.45) is -1.57. The van der Waals surface area contributed by atoms with E-state index in [0.29, 0.717) is 17.1 Å². The number of anilines is 1. The van der Waals surface area contributed by atoms with Gasteiger partial charge in [0.25, 0.3) is 11.6 Å². The van der Waals surface area contributed by atoms with E-state index in [9.17, 15) is 24.6 Å². The minimum Gasteiger partial charge on any atom is -0.497 e. The first kappa shape index (κ1) is 41.9. The minimum absolute atomic E-state index is 0.0166. The van der Waals surface area contributed by atoms with E-state index >= 15 is 0 Å². The Hall–Kier alpha value is -6.26. The summed E-state index contributed by atoms with van der Waals surface area (Å²) in [6.45, 7) is -4.30. The van der Waals surface area contributed by atoms with Gasteiger partial charge in [0.2, 0.25) is 0 Å². The number of benzene rings is 5. The van der Waals surface area contributed by atoms with Gasteiger partial charge in [0.1, 0.15) is 47.1 Å². The average Bonchev–Trinajstić information content (AvgIpc) is 3.65. The molecule has 0 spiro atoms. The van der Waals surface area contributed by atoms with Gasteiger partial charge in [0.15, 0.2) is 0 Å². The highest BCUT2D eigenvalue weighted by Gasteiger charge is 2.45. The zero-order chi connectivity index (χ0) is 42.3. The molecule has 1 saturated heterocycles. The number of aromatic nitrogens is 2. The Morgan fingerprint density at radius 3 is 1.97 bits per heavy atom. The smallest absolute Gasteiger partial charge is 0.378 e.